The van der Waals surface area contributed by atoms with Crippen LogP contribution < -0.4 is 5.32 Å². The standard InChI is InChI=1S/C29H40ClN5O2/c1-33-17-12-26(33)27(36)32-25(20-22-8-10-24(30)11-9-22)28(37)34-18-13-29(14-19-34,21-35-16-5-15-31-35)23-6-3-2-4-7-23/h5,8-11,15-16,23,25-26H,2-4,6-7,12-14,17-21H2,1H3,(H,32,36)/t25-,26-/m1/s1. The molecule has 1 aliphatic carbocycles. The molecule has 2 aliphatic heterocycles. The number of carbonyl (C=O) groups is 2. The van der Waals surface area contributed by atoms with E-state index in [1.807, 2.05) is 53.4 Å². The van der Waals surface area contributed by atoms with E-state index in [2.05, 4.69) is 21.3 Å². The first kappa shape index (κ1) is 26.2. The van der Waals surface area contributed by atoms with Gasteiger partial charge in [-0.05, 0) is 74.2 Å². The Morgan fingerprint density at radius 2 is 1.81 bits per heavy atom. The highest BCUT2D eigenvalue weighted by Gasteiger charge is 2.44. The highest BCUT2D eigenvalue weighted by Crippen LogP contribution is 2.47. The van der Waals surface area contributed by atoms with Gasteiger partial charge in [0.2, 0.25) is 11.8 Å². The van der Waals surface area contributed by atoms with E-state index < -0.39 is 6.04 Å². The topological polar surface area (TPSA) is 70.5 Å². The number of nitrogens with one attached hydrogen (secondary N) is 1. The van der Waals surface area contributed by atoms with Crippen LogP contribution in [0.3, 0.4) is 0 Å². The van der Waals surface area contributed by atoms with Crippen molar-refractivity contribution >= 4 is 23.4 Å². The highest BCUT2D eigenvalue weighted by atomic mass is 35.5. The van der Waals surface area contributed by atoms with Crippen LogP contribution in [-0.4, -0.2) is 70.2 Å². The first-order valence-electron chi connectivity index (χ1n) is 13.9. The van der Waals surface area contributed by atoms with Crippen LogP contribution in [0.15, 0.2) is 42.7 Å². The van der Waals surface area contributed by atoms with Crippen molar-refractivity contribution < 1.29 is 9.59 Å². The molecule has 37 heavy (non-hydrogen) atoms. The van der Waals surface area contributed by atoms with Crippen LogP contribution in [-0.2, 0) is 22.6 Å². The van der Waals surface area contributed by atoms with E-state index in [-0.39, 0.29) is 23.3 Å². The summed E-state index contributed by atoms with van der Waals surface area (Å²) in [7, 11) is 1.96. The third-order valence-electron chi connectivity index (χ3n) is 9.14. The molecule has 1 aromatic carbocycles. The fraction of sp³-hybridized carbons (Fsp3) is 0.621. The summed E-state index contributed by atoms with van der Waals surface area (Å²) in [6.45, 7) is 3.30. The Bertz CT molecular complexity index is 1040. The minimum Gasteiger partial charge on any atom is -0.343 e. The van der Waals surface area contributed by atoms with Crippen molar-refractivity contribution in [3.63, 3.8) is 0 Å². The average Bonchev–Trinajstić information content (AvgIpc) is 3.42. The van der Waals surface area contributed by atoms with Crippen LogP contribution in [0.25, 0.3) is 0 Å². The maximum atomic E-state index is 13.9. The molecule has 0 spiro atoms. The Kier molecular flexibility index (Phi) is 8.20. The molecule has 2 aromatic rings. The molecular weight excluding hydrogens is 486 g/mol. The third kappa shape index (κ3) is 6.04. The van der Waals surface area contributed by atoms with E-state index in [9.17, 15) is 9.59 Å². The maximum absolute atomic E-state index is 13.9. The number of piperidine rings is 1. The molecule has 1 saturated carbocycles. The number of likely N-dealkylation sites (tertiary alicyclic amines) is 2. The van der Waals surface area contributed by atoms with E-state index in [1.165, 1.54) is 32.1 Å². The maximum Gasteiger partial charge on any atom is 0.245 e. The summed E-state index contributed by atoms with van der Waals surface area (Å²) in [6.07, 6.45) is 13.7. The van der Waals surface area contributed by atoms with E-state index in [0.717, 1.165) is 51.0 Å². The van der Waals surface area contributed by atoms with Gasteiger partial charge >= 0.3 is 0 Å². The number of halogens is 1. The number of hydrogen-bond acceptors (Lipinski definition) is 4. The number of amides is 2. The molecule has 8 heteroatoms. The fourth-order valence-electron chi connectivity index (χ4n) is 6.69. The number of aromatic nitrogens is 2. The lowest BCUT2D eigenvalue weighted by Gasteiger charge is -2.48. The number of nitrogens with zero attached hydrogens (tertiary/aromatic N) is 4. The Balaban J connectivity index is 1.29. The first-order valence-corrected chi connectivity index (χ1v) is 14.3. The SMILES string of the molecule is CN1CC[C@@H]1C(=O)N[C@H](Cc1ccc(Cl)cc1)C(=O)N1CCC(Cn2cccn2)(C2CCCCC2)CC1. The summed E-state index contributed by atoms with van der Waals surface area (Å²) < 4.78 is 2.09. The molecule has 200 valence electrons. The zero-order valence-corrected chi connectivity index (χ0v) is 22.7. The lowest BCUT2D eigenvalue weighted by atomic mass is 9.63. The Hall–Kier alpha value is -2.38. The highest BCUT2D eigenvalue weighted by molar-refractivity contribution is 6.30. The van der Waals surface area contributed by atoms with E-state index in [1.54, 1.807) is 0 Å². The molecule has 5 rings (SSSR count). The van der Waals surface area contributed by atoms with Gasteiger partial charge in [-0.15, -0.1) is 0 Å². The molecule has 1 aromatic heterocycles. The molecule has 0 unspecified atom stereocenters. The van der Waals surface area contributed by atoms with Gasteiger partial charge in [0.25, 0.3) is 0 Å². The van der Waals surface area contributed by atoms with Gasteiger partial charge in [-0.3, -0.25) is 19.2 Å². The first-order chi connectivity index (χ1) is 17.9. The van der Waals surface area contributed by atoms with Gasteiger partial charge in [0, 0.05) is 50.0 Å². The molecule has 3 aliphatic rings. The molecule has 1 N–H and O–H groups in total. The predicted molar refractivity (Wildman–Crippen MR) is 145 cm³/mol. The third-order valence-corrected chi connectivity index (χ3v) is 9.39. The molecule has 2 amide bonds. The molecule has 0 bridgehead atoms. The van der Waals surface area contributed by atoms with Crippen LogP contribution in [0.4, 0.5) is 0 Å². The number of carbonyl (C=O) groups excluding carboxylic acids is 2. The fourth-order valence-corrected chi connectivity index (χ4v) is 6.82. The van der Waals surface area contributed by atoms with Crippen LogP contribution in [0.1, 0.15) is 56.9 Å². The monoisotopic (exact) mass is 525 g/mol. The predicted octanol–water partition coefficient (Wildman–Crippen LogP) is 4.16. The van der Waals surface area contributed by atoms with Crippen LogP contribution >= 0.6 is 11.6 Å². The number of rotatable bonds is 8. The number of likely N-dealkylation sites (N-methyl/N-ethyl adjacent to an activating group) is 1. The second kappa shape index (κ2) is 11.6. The zero-order valence-electron chi connectivity index (χ0n) is 21.9. The van der Waals surface area contributed by atoms with E-state index >= 15 is 0 Å². The summed E-state index contributed by atoms with van der Waals surface area (Å²) in [5.41, 5.74) is 1.17. The van der Waals surface area contributed by atoms with Gasteiger partial charge in [0.05, 0.1) is 6.04 Å². The quantitative estimate of drug-likeness (QED) is 0.562. The zero-order chi connectivity index (χ0) is 25.8. The van der Waals surface area contributed by atoms with Crippen molar-refractivity contribution in [2.24, 2.45) is 11.3 Å². The van der Waals surface area contributed by atoms with Crippen molar-refractivity contribution in [3.05, 3.63) is 53.3 Å². The van der Waals surface area contributed by atoms with Crippen LogP contribution in [0, 0.1) is 11.3 Å². The largest absolute Gasteiger partial charge is 0.343 e. The normalized spacial score (nSPS) is 23.3. The summed E-state index contributed by atoms with van der Waals surface area (Å²) in [4.78, 5) is 30.9. The van der Waals surface area contributed by atoms with Gasteiger partial charge in [-0.2, -0.15) is 5.10 Å². The summed E-state index contributed by atoms with van der Waals surface area (Å²) in [6, 6.07) is 8.85. The molecule has 7 nitrogen and oxygen atoms in total. The molecule has 0 radical (unpaired) electrons. The number of hydrogen-bond donors (Lipinski definition) is 1. The molecular formula is C29H40ClN5O2. The van der Waals surface area contributed by atoms with Gasteiger partial charge < -0.3 is 10.2 Å². The minimum atomic E-state index is -0.573. The van der Waals surface area contributed by atoms with Crippen LogP contribution in [0.2, 0.25) is 5.02 Å². The van der Waals surface area contributed by atoms with Gasteiger partial charge in [-0.25, -0.2) is 0 Å². The van der Waals surface area contributed by atoms with Gasteiger partial charge in [0.15, 0.2) is 0 Å². The summed E-state index contributed by atoms with van der Waals surface area (Å²) in [5, 5.41) is 8.31. The van der Waals surface area contributed by atoms with Crippen molar-refractivity contribution in [2.75, 3.05) is 26.7 Å². The van der Waals surface area contributed by atoms with Crippen LogP contribution in [0.5, 0.6) is 0 Å². The minimum absolute atomic E-state index is 0.0293. The second-order valence-corrected chi connectivity index (χ2v) is 11.8. The molecule has 3 heterocycles. The lowest BCUT2D eigenvalue weighted by Crippen LogP contribution is -2.59. The van der Waals surface area contributed by atoms with Crippen molar-refractivity contribution in [1.82, 2.24) is 24.9 Å². The number of benzene rings is 1. The Labute approximate surface area is 225 Å². The summed E-state index contributed by atoms with van der Waals surface area (Å²) in [5.74, 6) is 0.663. The summed E-state index contributed by atoms with van der Waals surface area (Å²) >= 11 is 6.09. The van der Waals surface area contributed by atoms with Crippen molar-refractivity contribution in [2.45, 2.75) is 76.4 Å². The molecule has 2 atom stereocenters. The average molecular weight is 526 g/mol. The lowest BCUT2D eigenvalue weighted by molar-refractivity contribution is -0.141. The molecule has 2 saturated heterocycles. The molecule has 3 fully saturated rings. The van der Waals surface area contributed by atoms with E-state index in [4.69, 9.17) is 11.6 Å². The van der Waals surface area contributed by atoms with Gasteiger partial charge in [-0.1, -0.05) is 43.0 Å². The second-order valence-electron chi connectivity index (χ2n) is 11.4. The van der Waals surface area contributed by atoms with Crippen molar-refractivity contribution in [3.8, 4) is 0 Å². The van der Waals surface area contributed by atoms with E-state index in [0.29, 0.717) is 17.4 Å². The Morgan fingerprint density at radius 3 is 2.41 bits per heavy atom. The van der Waals surface area contributed by atoms with Crippen molar-refractivity contribution in [1.29, 1.82) is 0 Å². The Morgan fingerprint density at radius 1 is 1.08 bits per heavy atom. The smallest absolute Gasteiger partial charge is 0.245 e. The van der Waals surface area contributed by atoms with Gasteiger partial charge in [0.1, 0.15) is 6.04 Å².